The van der Waals surface area contributed by atoms with Crippen molar-refractivity contribution in [1.29, 1.82) is 0 Å². The first-order valence-corrected chi connectivity index (χ1v) is 7.90. The number of methoxy groups -OCH3 is 1. The van der Waals surface area contributed by atoms with Crippen molar-refractivity contribution < 1.29 is 9.53 Å². The van der Waals surface area contributed by atoms with E-state index in [4.69, 9.17) is 4.74 Å². The minimum absolute atomic E-state index is 0.215. The van der Waals surface area contributed by atoms with E-state index in [2.05, 4.69) is 25.9 Å². The van der Waals surface area contributed by atoms with Crippen molar-refractivity contribution >= 4 is 11.6 Å². The summed E-state index contributed by atoms with van der Waals surface area (Å²) in [5, 5.41) is 16.9. The van der Waals surface area contributed by atoms with Crippen LogP contribution in [-0.4, -0.2) is 33.6 Å². The van der Waals surface area contributed by atoms with Crippen molar-refractivity contribution in [3.8, 4) is 5.75 Å². The van der Waals surface area contributed by atoms with E-state index in [0.717, 1.165) is 11.1 Å². The van der Waals surface area contributed by atoms with E-state index in [-0.39, 0.29) is 5.91 Å². The molecule has 1 aromatic heterocycles. The fourth-order valence-corrected chi connectivity index (χ4v) is 2.66. The highest BCUT2D eigenvalue weighted by atomic mass is 16.5. The lowest BCUT2D eigenvalue weighted by atomic mass is 9.96. The zero-order chi connectivity index (χ0) is 17.6. The van der Waals surface area contributed by atoms with Crippen LogP contribution < -0.4 is 10.1 Å². The summed E-state index contributed by atoms with van der Waals surface area (Å²) in [6.45, 7) is 2.02. The zero-order valence-electron chi connectivity index (χ0n) is 14.1. The minimum Gasteiger partial charge on any atom is -0.495 e. The average Bonchev–Trinajstić information content (AvgIpc) is 3.14. The summed E-state index contributed by atoms with van der Waals surface area (Å²) in [5.41, 5.74) is 2.77. The number of carbonyl (C=O) groups is 1. The Morgan fingerprint density at radius 3 is 2.80 bits per heavy atom. The van der Waals surface area contributed by atoms with E-state index in [9.17, 15) is 4.79 Å². The van der Waals surface area contributed by atoms with Gasteiger partial charge in [0.2, 0.25) is 5.91 Å². The van der Waals surface area contributed by atoms with Crippen LogP contribution in [0.25, 0.3) is 0 Å². The lowest BCUT2D eigenvalue weighted by molar-refractivity contribution is -0.117. The van der Waals surface area contributed by atoms with Gasteiger partial charge in [0, 0.05) is 0 Å². The number of aromatic nitrogens is 4. The van der Waals surface area contributed by atoms with Gasteiger partial charge in [-0.2, -0.15) is 5.21 Å². The largest absolute Gasteiger partial charge is 0.495 e. The lowest BCUT2D eigenvalue weighted by Gasteiger charge is -2.15. The fraction of sp³-hybridized carbons (Fsp3) is 0.222. The van der Waals surface area contributed by atoms with Crippen LogP contribution >= 0.6 is 0 Å². The van der Waals surface area contributed by atoms with Crippen molar-refractivity contribution in [1.82, 2.24) is 20.6 Å². The Hall–Kier alpha value is -3.22. The predicted octanol–water partition coefficient (Wildman–Crippen LogP) is 2.48. The molecular weight excluding hydrogens is 318 g/mol. The molecule has 1 atom stereocenters. The third kappa shape index (κ3) is 4.00. The standard InChI is InChI=1S/C18H19N5O2/c1-12-6-5-7-13(10-12)11-14(17-20-22-23-21-17)18(24)19-15-8-3-4-9-16(15)25-2/h3-10,14H,11H2,1-2H3,(H,19,24)(H,20,21,22,23). The van der Waals surface area contributed by atoms with Crippen molar-refractivity contribution in [3.05, 3.63) is 65.5 Å². The molecule has 25 heavy (non-hydrogen) atoms. The molecule has 3 rings (SSSR count). The number of rotatable bonds is 6. The summed E-state index contributed by atoms with van der Waals surface area (Å²) in [5.74, 6) is 0.171. The van der Waals surface area contributed by atoms with Gasteiger partial charge in [-0.05, 0) is 31.0 Å². The first-order valence-electron chi connectivity index (χ1n) is 7.90. The van der Waals surface area contributed by atoms with Crippen LogP contribution in [0.3, 0.4) is 0 Å². The number of H-pyrrole nitrogens is 1. The molecule has 2 N–H and O–H groups in total. The number of para-hydroxylation sites is 2. The Labute approximate surface area is 145 Å². The normalized spacial score (nSPS) is 11.8. The maximum atomic E-state index is 12.9. The second-order valence-electron chi connectivity index (χ2n) is 5.71. The number of hydrogen-bond donors (Lipinski definition) is 2. The number of aryl methyl sites for hydroxylation is 1. The van der Waals surface area contributed by atoms with Gasteiger partial charge < -0.3 is 10.1 Å². The van der Waals surface area contributed by atoms with Gasteiger partial charge in [0.05, 0.1) is 12.8 Å². The summed E-state index contributed by atoms with van der Waals surface area (Å²) in [6.07, 6.45) is 0.474. The van der Waals surface area contributed by atoms with Crippen LogP contribution in [0, 0.1) is 6.92 Å². The van der Waals surface area contributed by atoms with E-state index >= 15 is 0 Å². The van der Waals surface area contributed by atoms with E-state index in [1.165, 1.54) is 0 Å². The van der Waals surface area contributed by atoms with Crippen molar-refractivity contribution in [3.63, 3.8) is 0 Å². The molecule has 0 aliphatic rings. The molecule has 7 nitrogen and oxygen atoms in total. The molecule has 0 aliphatic carbocycles. The van der Waals surface area contributed by atoms with Crippen LogP contribution in [0.4, 0.5) is 5.69 Å². The number of aromatic amines is 1. The van der Waals surface area contributed by atoms with Crippen LogP contribution in [0.1, 0.15) is 22.9 Å². The number of anilines is 1. The molecule has 0 aliphatic heterocycles. The number of benzene rings is 2. The first kappa shape index (κ1) is 16.6. The minimum atomic E-state index is -0.564. The Balaban J connectivity index is 1.85. The molecule has 0 radical (unpaired) electrons. The number of hydrogen-bond acceptors (Lipinski definition) is 5. The van der Waals surface area contributed by atoms with Gasteiger partial charge in [-0.15, -0.1) is 10.2 Å². The fourth-order valence-electron chi connectivity index (χ4n) is 2.66. The maximum absolute atomic E-state index is 12.9. The molecule has 1 amide bonds. The second kappa shape index (κ2) is 7.57. The highest BCUT2D eigenvalue weighted by Gasteiger charge is 2.26. The summed E-state index contributed by atoms with van der Waals surface area (Å²) in [6, 6.07) is 15.3. The summed E-state index contributed by atoms with van der Waals surface area (Å²) >= 11 is 0. The molecule has 1 unspecified atom stereocenters. The van der Waals surface area contributed by atoms with Crippen LogP contribution in [-0.2, 0) is 11.2 Å². The Morgan fingerprint density at radius 1 is 1.24 bits per heavy atom. The van der Waals surface area contributed by atoms with E-state index in [1.807, 2.05) is 43.3 Å². The van der Waals surface area contributed by atoms with Gasteiger partial charge in [-0.25, -0.2) is 0 Å². The first-order chi connectivity index (χ1) is 12.2. The molecule has 1 heterocycles. The number of tetrazole rings is 1. The van der Waals surface area contributed by atoms with Gasteiger partial charge in [-0.3, -0.25) is 4.79 Å². The van der Waals surface area contributed by atoms with E-state index < -0.39 is 5.92 Å². The third-order valence-electron chi connectivity index (χ3n) is 3.88. The molecule has 0 saturated carbocycles. The van der Waals surface area contributed by atoms with Gasteiger partial charge in [0.15, 0.2) is 5.82 Å². The summed E-state index contributed by atoms with van der Waals surface area (Å²) < 4.78 is 5.29. The molecule has 0 bridgehead atoms. The zero-order valence-corrected chi connectivity index (χ0v) is 14.1. The molecule has 0 spiro atoms. The molecule has 128 valence electrons. The Bertz CT molecular complexity index is 848. The van der Waals surface area contributed by atoms with Crippen molar-refractivity contribution in [2.75, 3.05) is 12.4 Å². The summed E-state index contributed by atoms with van der Waals surface area (Å²) in [4.78, 5) is 12.9. The number of nitrogens with one attached hydrogen (secondary N) is 2. The molecule has 7 heteroatoms. The Kier molecular flexibility index (Phi) is 5.03. The predicted molar refractivity (Wildman–Crippen MR) is 93.4 cm³/mol. The highest BCUT2D eigenvalue weighted by Crippen LogP contribution is 2.26. The van der Waals surface area contributed by atoms with Gasteiger partial charge in [0.1, 0.15) is 11.7 Å². The van der Waals surface area contributed by atoms with Crippen molar-refractivity contribution in [2.24, 2.45) is 0 Å². The van der Waals surface area contributed by atoms with Gasteiger partial charge >= 0.3 is 0 Å². The molecule has 0 fully saturated rings. The topological polar surface area (TPSA) is 92.8 Å². The SMILES string of the molecule is COc1ccccc1NC(=O)C(Cc1cccc(C)c1)c1nn[nH]n1. The highest BCUT2D eigenvalue weighted by molar-refractivity contribution is 5.96. The monoisotopic (exact) mass is 337 g/mol. The van der Waals surface area contributed by atoms with Crippen LogP contribution in [0.2, 0.25) is 0 Å². The lowest BCUT2D eigenvalue weighted by Crippen LogP contribution is -2.24. The number of ether oxygens (including phenoxy) is 1. The molecule has 0 saturated heterocycles. The van der Waals surface area contributed by atoms with Crippen molar-refractivity contribution in [2.45, 2.75) is 19.3 Å². The average molecular weight is 337 g/mol. The smallest absolute Gasteiger partial charge is 0.235 e. The van der Waals surface area contributed by atoms with E-state index in [0.29, 0.717) is 23.7 Å². The number of amides is 1. The van der Waals surface area contributed by atoms with E-state index in [1.54, 1.807) is 19.2 Å². The number of carbonyl (C=O) groups excluding carboxylic acids is 1. The van der Waals surface area contributed by atoms with Crippen LogP contribution in [0.15, 0.2) is 48.5 Å². The summed E-state index contributed by atoms with van der Waals surface area (Å²) in [7, 11) is 1.56. The molecule has 2 aromatic carbocycles. The Morgan fingerprint density at radius 2 is 2.08 bits per heavy atom. The van der Waals surface area contributed by atoms with Gasteiger partial charge in [0.25, 0.3) is 0 Å². The van der Waals surface area contributed by atoms with Crippen LogP contribution in [0.5, 0.6) is 5.75 Å². The molecule has 3 aromatic rings. The van der Waals surface area contributed by atoms with Gasteiger partial charge in [-0.1, -0.05) is 47.2 Å². The molecular formula is C18H19N5O2. The quantitative estimate of drug-likeness (QED) is 0.721. The second-order valence-corrected chi connectivity index (χ2v) is 5.71. The maximum Gasteiger partial charge on any atom is 0.235 e. The third-order valence-corrected chi connectivity index (χ3v) is 3.88. The number of nitrogens with zero attached hydrogens (tertiary/aromatic N) is 3.